The van der Waals surface area contributed by atoms with Crippen LogP contribution in [0.4, 0.5) is 0 Å². The first-order valence-corrected chi connectivity index (χ1v) is 3.29. The number of hydrogen-bond donors (Lipinski definition) is 0. The van der Waals surface area contributed by atoms with E-state index in [-0.39, 0.29) is 66.3 Å². The number of hydrogen-bond acceptors (Lipinski definition) is 6. The average molecular weight is 379 g/mol. The van der Waals surface area contributed by atoms with Crippen molar-refractivity contribution in [2.75, 3.05) is 0 Å². The van der Waals surface area contributed by atoms with Gasteiger partial charge in [0.15, 0.2) is 0 Å². The summed E-state index contributed by atoms with van der Waals surface area (Å²) in [6.07, 6.45) is 0. The monoisotopic (exact) mass is 376 g/mol. The second-order valence-electron chi connectivity index (χ2n) is 0.447. The van der Waals surface area contributed by atoms with Gasteiger partial charge in [0.2, 0.25) is 0 Å². The molecule has 15 heteroatoms. The normalized spacial score (nSPS) is 3.47. The van der Waals surface area contributed by atoms with Crippen LogP contribution < -0.4 is 19.6 Å². The molecule has 0 fully saturated rings. The third kappa shape index (κ3) is 2190. The largest absolute Gasteiger partial charge is 2.00 e. The van der Waals surface area contributed by atoms with Crippen molar-refractivity contribution < 1.29 is 95.0 Å². The summed E-state index contributed by atoms with van der Waals surface area (Å²) in [5, 5.41) is 0. The molecule has 0 spiro atoms. The van der Waals surface area contributed by atoms with E-state index in [9.17, 15) is 0 Å². The molecule has 0 aromatic rings. The first kappa shape index (κ1) is 72.9. The molecule has 0 unspecified atom stereocenters. The van der Waals surface area contributed by atoms with E-state index in [4.69, 9.17) is 28.7 Å². The Morgan fingerprint density at radius 3 is 0.533 bits per heavy atom. The number of rotatable bonds is 0. The molecule has 0 heterocycles. The van der Waals surface area contributed by atoms with Gasteiger partial charge in [-0.2, -0.15) is 0 Å². The summed E-state index contributed by atoms with van der Waals surface area (Å²) < 4.78 is 17.0. The fourth-order valence-corrected chi connectivity index (χ4v) is 0. The SMILES string of the molecule is O.O.O.O.O.O=[P+]([O-])[O-].O=[P+]([O-])[O-].[Zn+2].[Zn+2]. The minimum absolute atomic E-state index is 0. The van der Waals surface area contributed by atoms with Gasteiger partial charge in [-0.15, -0.1) is 0 Å². The Hall–Kier alpha value is 1.09. The third-order valence-corrected chi connectivity index (χ3v) is 0. The predicted molar refractivity (Wildman–Crippen MR) is 33.3 cm³/mol. The van der Waals surface area contributed by atoms with E-state index < -0.39 is 16.5 Å². The maximum atomic E-state index is 8.48. The van der Waals surface area contributed by atoms with Gasteiger partial charge in [-0.25, -0.2) is 0 Å². The van der Waals surface area contributed by atoms with Gasteiger partial charge in [0, 0.05) is 0 Å². The van der Waals surface area contributed by atoms with Crippen LogP contribution in [0.1, 0.15) is 0 Å². The second-order valence-corrected chi connectivity index (χ2v) is 1.34. The summed E-state index contributed by atoms with van der Waals surface area (Å²) in [6, 6.07) is 0. The zero-order chi connectivity index (χ0) is 7.15. The molecule has 88 valence electrons. The fourth-order valence-electron chi connectivity index (χ4n) is 0. The van der Waals surface area contributed by atoms with Crippen LogP contribution in [0, 0.1) is 0 Å². The van der Waals surface area contributed by atoms with Gasteiger partial charge in [-0.3, -0.25) is 0 Å². The molecule has 0 atom stereocenters. The van der Waals surface area contributed by atoms with Crippen LogP contribution in [0.2, 0.25) is 0 Å². The van der Waals surface area contributed by atoms with Crippen molar-refractivity contribution in [1.29, 1.82) is 0 Å². The van der Waals surface area contributed by atoms with Gasteiger partial charge >= 0.3 is 39.0 Å². The van der Waals surface area contributed by atoms with Crippen molar-refractivity contribution in [3.05, 3.63) is 0 Å². The summed E-state index contributed by atoms with van der Waals surface area (Å²) in [5.74, 6) is 0. The molecule has 0 radical (unpaired) electrons. The minimum atomic E-state index is -3.37. The van der Waals surface area contributed by atoms with Crippen LogP contribution in [0.5, 0.6) is 0 Å². The second kappa shape index (κ2) is 59.6. The van der Waals surface area contributed by atoms with Crippen LogP contribution >= 0.6 is 16.5 Å². The first-order chi connectivity index (χ1) is 3.46. The minimum Gasteiger partial charge on any atom is -0.598 e. The summed E-state index contributed by atoms with van der Waals surface area (Å²) >= 11 is 0. The molecule has 0 aliphatic heterocycles. The zero-order valence-corrected chi connectivity index (χ0v) is 15.0. The Labute approximate surface area is 111 Å². The van der Waals surface area contributed by atoms with E-state index >= 15 is 0 Å². The average Bonchev–Trinajstić information content (AvgIpc) is 1.25. The molecule has 11 nitrogen and oxygen atoms in total. The van der Waals surface area contributed by atoms with Crippen molar-refractivity contribution in [1.82, 2.24) is 0 Å². The molecule has 0 bridgehead atoms. The van der Waals surface area contributed by atoms with Crippen LogP contribution in [0.15, 0.2) is 0 Å². The molecule has 0 aliphatic carbocycles. The summed E-state index contributed by atoms with van der Waals surface area (Å²) in [4.78, 5) is 33.9. The Kier molecular flexibility index (Phi) is 290. The van der Waals surface area contributed by atoms with Crippen molar-refractivity contribution in [2.24, 2.45) is 0 Å². The smallest absolute Gasteiger partial charge is 0.598 e. The predicted octanol–water partition coefficient (Wildman–Crippen LogP) is -7.40. The topological polar surface area (TPSA) is 284 Å². The quantitative estimate of drug-likeness (QED) is 0.290. The summed E-state index contributed by atoms with van der Waals surface area (Å²) in [5.41, 5.74) is 0. The van der Waals surface area contributed by atoms with Crippen molar-refractivity contribution in [3.8, 4) is 0 Å². The van der Waals surface area contributed by atoms with Crippen molar-refractivity contribution >= 4 is 16.5 Å². The van der Waals surface area contributed by atoms with Gasteiger partial charge in [0.25, 0.3) is 16.5 Å². The maximum absolute atomic E-state index is 8.48. The molecule has 0 aromatic carbocycles. The Balaban J connectivity index is -0.00000000468. The Morgan fingerprint density at radius 1 is 0.533 bits per heavy atom. The maximum Gasteiger partial charge on any atom is 2.00 e. The molecule has 0 saturated carbocycles. The van der Waals surface area contributed by atoms with E-state index in [0.29, 0.717) is 0 Å². The van der Waals surface area contributed by atoms with Crippen LogP contribution in [0.25, 0.3) is 0 Å². The van der Waals surface area contributed by atoms with Gasteiger partial charge in [-0.1, -0.05) is 9.13 Å². The van der Waals surface area contributed by atoms with Crippen molar-refractivity contribution in [2.45, 2.75) is 0 Å². The van der Waals surface area contributed by atoms with Crippen LogP contribution in [-0.2, 0) is 48.1 Å². The molecular weight excluding hydrogens is 369 g/mol. The van der Waals surface area contributed by atoms with Crippen molar-refractivity contribution in [3.63, 3.8) is 0 Å². The fraction of sp³-hybridized carbons (Fsp3) is 0. The van der Waals surface area contributed by atoms with E-state index in [1.165, 1.54) is 0 Å². The van der Waals surface area contributed by atoms with Crippen LogP contribution in [0.3, 0.4) is 0 Å². The third-order valence-electron chi connectivity index (χ3n) is 0. The molecule has 15 heavy (non-hydrogen) atoms. The zero-order valence-electron chi connectivity index (χ0n) is 7.26. The van der Waals surface area contributed by atoms with E-state index in [1.54, 1.807) is 0 Å². The Bertz CT molecular complexity index is 74.6. The van der Waals surface area contributed by atoms with Gasteiger partial charge in [0.1, 0.15) is 0 Å². The van der Waals surface area contributed by atoms with Crippen LogP contribution in [-0.4, -0.2) is 27.4 Å². The van der Waals surface area contributed by atoms with E-state index in [1.807, 2.05) is 0 Å². The molecule has 0 amide bonds. The Morgan fingerprint density at radius 2 is 0.533 bits per heavy atom. The molecule has 0 rings (SSSR count). The van der Waals surface area contributed by atoms with Gasteiger partial charge in [0.05, 0.1) is 0 Å². The van der Waals surface area contributed by atoms with Gasteiger partial charge < -0.3 is 47.0 Å². The van der Waals surface area contributed by atoms with Gasteiger partial charge in [-0.05, 0) is 0 Å². The van der Waals surface area contributed by atoms with E-state index in [2.05, 4.69) is 0 Å². The summed E-state index contributed by atoms with van der Waals surface area (Å²) in [6.45, 7) is 0. The summed E-state index contributed by atoms with van der Waals surface area (Å²) in [7, 11) is -6.74. The molecule has 0 saturated heterocycles. The molecule has 0 aromatic heterocycles. The molecule has 10 N–H and O–H groups in total. The first-order valence-electron chi connectivity index (χ1n) is 1.10. The molecule has 0 aliphatic rings. The van der Waals surface area contributed by atoms with E-state index in [0.717, 1.165) is 0 Å². The standard InChI is InChI=1S/2HO3P.5H2O.2Zn/c2*1-4(2)3;;;;;;;/h2*(H,1,2,3);5*1H2;;/q;;;;;;;2*+2/p-2. The molecular formula is H10O11P2Zn2+2.